The highest BCUT2D eigenvalue weighted by molar-refractivity contribution is 9.10. The van der Waals surface area contributed by atoms with Crippen LogP contribution < -0.4 is 0 Å². The first-order valence-corrected chi connectivity index (χ1v) is 6.24. The van der Waals surface area contributed by atoms with Crippen LogP contribution >= 0.6 is 15.9 Å². The van der Waals surface area contributed by atoms with Crippen LogP contribution in [0.25, 0.3) is 6.08 Å². The molecule has 3 atom stereocenters. The molecular formula is C13H17BrO3. The summed E-state index contributed by atoms with van der Waals surface area (Å²) in [4.78, 5) is 0. The van der Waals surface area contributed by atoms with Crippen molar-refractivity contribution in [1.29, 1.82) is 0 Å². The van der Waals surface area contributed by atoms with Crippen LogP contribution in [-0.4, -0.2) is 34.1 Å². The van der Waals surface area contributed by atoms with E-state index >= 15 is 0 Å². The van der Waals surface area contributed by atoms with Gasteiger partial charge in [0.25, 0.3) is 0 Å². The zero-order valence-electron chi connectivity index (χ0n) is 9.62. The molecule has 3 N–H and O–H groups in total. The van der Waals surface area contributed by atoms with Crippen LogP contribution in [0, 0.1) is 5.92 Å². The van der Waals surface area contributed by atoms with Gasteiger partial charge in [0.2, 0.25) is 0 Å². The standard InChI is InChI=1S/C13H17BrO3/c1-9(13(17)12(16)8-15)2-3-10-4-6-11(14)7-5-10/h2-7,9,12-13,15-17H,8H2,1H3/b3-2+/t9-,12-,13-/m1/s1. The fourth-order valence-electron chi connectivity index (χ4n) is 1.41. The molecule has 0 amide bonds. The Hall–Kier alpha value is -0.680. The first kappa shape index (κ1) is 14.4. The molecule has 0 aromatic heterocycles. The Morgan fingerprint density at radius 2 is 1.82 bits per heavy atom. The fraction of sp³-hybridized carbons (Fsp3) is 0.385. The van der Waals surface area contributed by atoms with E-state index in [1.807, 2.05) is 36.4 Å². The summed E-state index contributed by atoms with van der Waals surface area (Å²) in [6, 6.07) is 7.76. The summed E-state index contributed by atoms with van der Waals surface area (Å²) < 4.78 is 1.01. The summed E-state index contributed by atoms with van der Waals surface area (Å²) >= 11 is 3.35. The van der Waals surface area contributed by atoms with Gasteiger partial charge < -0.3 is 15.3 Å². The van der Waals surface area contributed by atoms with Gasteiger partial charge in [-0.15, -0.1) is 0 Å². The molecule has 4 heteroatoms. The molecule has 0 saturated carbocycles. The number of benzene rings is 1. The maximum absolute atomic E-state index is 9.64. The van der Waals surface area contributed by atoms with Crippen molar-refractivity contribution in [2.45, 2.75) is 19.1 Å². The average Bonchev–Trinajstić information content (AvgIpc) is 2.35. The summed E-state index contributed by atoms with van der Waals surface area (Å²) in [5.41, 5.74) is 1.02. The molecule has 0 aliphatic carbocycles. The summed E-state index contributed by atoms with van der Waals surface area (Å²) in [6.07, 6.45) is 1.64. The monoisotopic (exact) mass is 300 g/mol. The van der Waals surface area contributed by atoms with Crippen molar-refractivity contribution in [1.82, 2.24) is 0 Å². The predicted molar refractivity (Wildman–Crippen MR) is 71.4 cm³/mol. The molecule has 0 unspecified atom stereocenters. The van der Waals surface area contributed by atoms with Crippen LogP contribution in [0.3, 0.4) is 0 Å². The maximum Gasteiger partial charge on any atom is 0.103 e. The molecule has 3 nitrogen and oxygen atoms in total. The summed E-state index contributed by atoms with van der Waals surface area (Å²) in [7, 11) is 0. The summed E-state index contributed by atoms with van der Waals surface area (Å²) in [5, 5.41) is 27.7. The Labute approximate surface area is 110 Å². The van der Waals surface area contributed by atoms with Gasteiger partial charge in [-0.2, -0.15) is 0 Å². The number of halogens is 1. The van der Waals surface area contributed by atoms with Crippen LogP contribution in [0.15, 0.2) is 34.8 Å². The minimum Gasteiger partial charge on any atom is -0.394 e. The minimum absolute atomic E-state index is 0.221. The van der Waals surface area contributed by atoms with Crippen molar-refractivity contribution in [3.63, 3.8) is 0 Å². The molecule has 0 bridgehead atoms. The van der Waals surface area contributed by atoms with Crippen LogP contribution in [-0.2, 0) is 0 Å². The Balaban J connectivity index is 2.61. The Morgan fingerprint density at radius 3 is 2.35 bits per heavy atom. The van der Waals surface area contributed by atoms with Crippen molar-refractivity contribution in [2.75, 3.05) is 6.61 Å². The summed E-state index contributed by atoms with van der Waals surface area (Å²) in [6.45, 7) is 1.36. The van der Waals surface area contributed by atoms with Crippen LogP contribution in [0.4, 0.5) is 0 Å². The van der Waals surface area contributed by atoms with Crippen LogP contribution in [0.5, 0.6) is 0 Å². The third-order valence-electron chi connectivity index (χ3n) is 2.58. The van der Waals surface area contributed by atoms with Gasteiger partial charge in [-0.05, 0) is 17.7 Å². The van der Waals surface area contributed by atoms with E-state index < -0.39 is 18.8 Å². The quantitative estimate of drug-likeness (QED) is 0.777. The molecule has 0 spiro atoms. The lowest BCUT2D eigenvalue weighted by molar-refractivity contribution is -0.0301. The normalized spacial score (nSPS) is 17.0. The van der Waals surface area contributed by atoms with Gasteiger partial charge in [0.15, 0.2) is 0 Å². The van der Waals surface area contributed by atoms with Crippen LogP contribution in [0.1, 0.15) is 12.5 Å². The Bertz CT molecular complexity index is 361. The second-order valence-corrected chi connectivity index (χ2v) is 4.93. The van der Waals surface area contributed by atoms with Gasteiger partial charge in [0.05, 0.1) is 12.7 Å². The van der Waals surface area contributed by atoms with E-state index in [-0.39, 0.29) is 5.92 Å². The van der Waals surface area contributed by atoms with Gasteiger partial charge in [-0.3, -0.25) is 0 Å². The topological polar surface area (TPSA) is 60.7 Å². The number of hydrogen-bond donors (Lipinski definition) is 3. The van der Waals surface area contributed by atoms with Gasteiger partial charge >= 0.3 is 0 Å². The molecule has 94 valence electrons. The van der Waals surface area contributed by atoms with E-state index in [0.717, 1.165) is 10.0 Å². The minimum atomic E-state index is -1.10. The fourth-order valence-corrected chi connectivity index (χ4v) is 1.67. The Morgan fingerprint density at radius 1 is 1.24 bits per heavy atom. The molecule has 0 saturated heterocycles. The molecule has 17 heavy (non-hydrogen) atoms. The molecule has 0 heterocycles. The first-order chi connectivity index (χ1) is 8.04. The molecule has 0 radical (unpaired) electrons. The lowest BCUT2D eigenvalue weighted by atomic mass is 9.99. The molecular weight excluding hydrogens is 284 g/mol. The van der Waals surface area contributed by atoms with Crippen molar-refractivity contribution in [3.8, 4) is 0 Å². The van der Waals surface area contributed by atoms with Crippen molar-refractivity contribution < 1.29 is 15.3 Å². The van der Waals surface area contributed by atoms with E-state index in [4.69, 9.17) is 5.11 Å². The number of rotatable bonds is 5. The van der Waals surface area contributed by atoms with Crippen molar-refractivity contribution in [3.05, 3.63) is 40.4 Å². The van der Waals surface area contributed by atoms with Crippen molar-refractivity contribution in [2.24, 2.45) is 5.92 Å². The van der Waals surface area contributed by atoms with Crippen molar-refractivity contribution >= 4 is 22.0 Å². The van der Waals surface area contributed by atoms with E-state index in [1.54, 1.807) is 6.92 Å². The molecule has 1 rings (SSSR count). The van der Waals surface area contributed by atoms with E-state index in [0.29, 0.717) is 0 Å². The van der Waals surface area contributed by atoms with E-state index in [1.165, 1.54) is 0 Å². The molecule has 0 aliphatic rings. The predicted octanol–water partition coefficient (Wildman–Crippen LogP) is 1.81. The lowest BCUT2D eigenvalue weighted by Gasteiger charge is -2.19. The number of hydrogen-bond acceptors (Lipinski definition) is 3. The highest BCUT2D eigenvalue weighted by atomic mass is 79.9. The smallest absolute Gasteiger partial charge is 0.103 e. The van der Waals surface area contributed by atoms with Gasteiger partial charge in [0, 0.05) is 10.4 Å². The molecule has 1 aromatic rings. The Kier molecular flexibility index (Phi) is 5.85. The van der Waals surface area contributed by atoms with E-state index in [2.05, 4.69) is 15.9 Å². The lowest BCUT2D eigenvalue weighted by Crippen LogP contribution is -2.33. The molecule has 1 aromatic carbocycles. The third-order valence-corrected chi connectivity index (χ3v) is 3.11. The highest BCUT2D eigenvalue weighted by Crippen LogP contribution is 2.14. The van der Waals surface area contributed by atoms with Gasteiger partial charge in [0.1, 0.15) is 6.10 Å². The third kappa shape index (κ3) is 4.60. The van der Waals surface area contributed by atoms with Gasteiger partial charge in [-0.1, -0.05) is 47.1 Å². The largest absolute Gasteiger partial charge is 0.394 e. The zero-order valence-corrected chi connectivity index (χ0v) is 11.2. The zero-order chi connectivity index (χ0) is 12.8. The average molecular weight is 301 g/mol. The molecule has 0 fully saturated rings. The maximum atomic E-state index is 9.64. The second kappa shape index (κ2) is 6.91. The van der Waals surface area contributed by atoms with E-state index in [9.17, 15) is 10.2 Å². The number of aliphatic hydroxyl groups excluding tert-OH is 3. The highest BCUT2D eigenvalue weighted by Gasteiger charge is 2.19. The van der Waals surface area contributed by atoms with Crippen LogP contribution in [0.2, 0.25) is 0 Å². The first-order valence-electron chi connectivity index (χ1n) is 5.45. The number of aliphatic hydroxyl groups is 3. The SMILES string of the molecule is C[C@H](/C=C/c1ccc(Br)cc1)[C@@H](O)[C@H](O)CO. The molecule has 0 aliphatic heterocycles. The van der Waals surface area contributed by atoms with Gasteiger partial charge in [-0.25, -0.2) is 0 Å². The second-order valence-electron chi connectivity index (χ2n) is 4.01. The summed E-state index contributed by atoms with van der Waals surface area (Å²) in [5.74, 6) is -0.221.